The maximum absolute atomic E-state index is 13.0. The molecule has 0 aromatic heterocycles. The van der Waals surface area contributed by atoms with Gasteiger partial charge < -0.3 is 28.8 Å². The summed E-state index contributed by atoms with van der Waals surface area (Å²) >= 11 is 0. The Kier molecular flexibility index (Phi) is 47.3. The number of carbonyl (C=O) groups excluding carboxylic acids is 1. The predicted octanol–water partition coefficient (Wildman–Crippen LogP) is 16.2. The smallest absolute Gasteiger partial charge is 0.268 e. The Hall–Kier alpha value is -1.02. The SMILES string of the molecule is CCCCCCC/C=C\C/C=C\CCCCCCCCCCCC(=O)NC(COP(=O)([O-])OCC[N+](C)(C)C)C(O)CCCCCCCCCCCCCCCCCCCCCCCC. The fourth-order valence-corrected chi connectivity index (χ4v) is 9.21. The molecule has 0 rings (SSSR count). The lowest BCUT2D eigenvalue weighted by atomic mass is 10.0. The van der Waals surface area contributed by atoms with Gasteiger partial charge in [0.1, 0.15) is 13.2 Å². The Labute approximate surface area is 404 Å². The predicted molar refractivity (Wildman–Crippen MR) is 279 cm³/mol. The summed E-state index contributed by atoms with van der Waals surface area (Å²) in [6.07, 6.45) is 59.1. The zero-order valence-electron chi connectivity index (χ0n) is 44.0. The van der Waals surface area contributed by atoms with E-state index in [0.717, 1.165) is 44.9 Å². The van der Waals surface area contributed by atoms with Crippen molar-refractivity contribution >= 4 is 13.7 Å². The number of nitrogens with one attached hydrogen (secondary N) is 1. The molecule has 0 heterocycles. The molecule has 0 bridgehead atoms. The van der Waals surface area contributed by atoms with E-state index in [2.05, 4.69) is 43.5 Å². The van der Waals surface area contributed by atoms with Crippen LogP contribution < -0.4 is 10.2 Å². The lowest BCUT2D eigenvalue weighted by Gasteiger charge is -2.30. The molecule has 0 aliphatic carbocycles. The molecular weight excluding hydrogens is 828 g/mol. The standard InChI is InChI=1S/C56H111N2O6P/c1-6-8-10-12-14-16-18-20-22-24-26-28-30-31-33-35-37-39-41-43-45-47-49-55(59)54(53-64-65(61,62)63-52-51-58(3,4)5)57-56(60)50-48-46-44-42-40-38-36-34-32-29-27-25-23-21-19-17-15-13-11-9-7-2/h19,21,25,27,54-55,59H,6-18,20,22-24,26,28-53H2,1-5H3,(H-,57,60,61,62)/b21-19-,27-25-. The van der Waals surface area contributed by atoms with Crippen LogP contribution in [0.15, 0.2) is 24.3 Å². The first-order chi connectivity index (χ1) is 31.5. The van der Waals surface area contributed by atoms with E-state index in [1.165, 1.54) is 205 Å². The van der Waals surface area contributed by atoms with Crippen LogP contribution in [-0.2, 0) is 18.4 Å². The number of unbranched alkanes of at least 4 members (excludes halogenated alkanes) is 35. The first-order valence-corrected chi connectivity index (χ1v) is 29.6. The molecule has 0 radical (unpaired) electrons. The van der Waals surface area contributed by atoms with Gasteiger partial charge in [-0.3, -0.25) is 9.36 Å². The number of amides is 1. The van der Waals surface area contributed by atoms with Crippen LogP contribution in [0.3, 0.4) is 0 Å². The second-order valence-electron chi connectivity index (χ2n) is 20.6. The summed E-state index contributed by atoms with van der Waals surface area (Å²) < 4.78 is 23.4. The Bertz CT molecular complexity index is 1110. The Balaban J connectivity index is 4.19. The van der Waals surface area contributed by atoms with Crippen molar-refractivity contribution in [2.24, 2.45) is 0 Å². The van der Waals surface area contributed by atoms with Crippen molar-refractivity contribution < 1.29 is 32.9 Å². The number of aliphatic hydroxyl groups excluding tert-OH is 1. The maximum Gasteiger partial charge on any atom is 0.268 e. The highest BCUT2D eigenvalue weighted by Crippen LogP contribution is 2.38. The van der Waals surface area contributed by atoms with E-state index >= 15 is 0 Å². The van der Waals surface area contributed by atoms with Crippen molar-refractivity contribution in [3.63, 3.8) is 0 Å². The molecule has 0 aromatic rings. The normalized spacial score (nSPS) is 14.1. The molecule has 2 N–H and O–H groups in total. The number of rotatable bonds is 52. The van der Waals surface area contributed by atoms with Crippen molar-refractivity contribution in [3.8, 4) is 0 Å². The Morgan fingerprint density at radius 2 is 0.892 bits per heavy atom. The zero-order chi connectivity index (χ0) is 47.8. The number of allylic oxidation sites excluding steroid dienone is 4. The average Bonchev–Trinajstić information content (AvgIpc) is 3.26. The van der Waals surface area contributed by atoms with Crippen LogP contribution in [0.2, 0.25) is 0 Å². The number of hydrogen-bond acceptors (Lipinski definition) is 6. The number of phosphoric ester groups is 1. The maximum atomic E-state index is 13.0. The second kappa shape index (κ2) is 48.0. The molecule has 0 saturated carbocycles. The third-order valence-corrected chi connectivity index (χ3v) is 13.9. The van der Waals surface area contributed by atoms with Gasteiger partial charge in [0.05, 0.1) is 39.9 Å². The molecule has 0 fully saturated rings. The molecule has 0 aliphatic rings. The number of hydrogen-bond donors (Lipinski definition) is 2. The fraction of sp³-hybridized carbons (Fsp3) is 0.911. The highest BCUT2D eigenvalue weighted by atomic mass is 31.2. The van der Waals surface area contributed by atoms with Crippen LogP contribution in [0.25, 0.3) is 0 Å². The van der Waals surface area contributed by atoms with Gasteiger partial charge >= 0.3 is 0 Å². The van der Waals surface area contributed by atoms with Gasteiger partial charge in [-0.05, 0) is 44.9 Å². The minimum absolute atomic E-state index is 0.0125. The van der Waals surface area contributed by atoms with Crippen molar-refractivity contribution in [2.75, 3.05) is 40.9 Å². The zero-order valence-corrected chi connectivity index (χ0v) is 44.9. The van der Waals surface area contributed by atoms with Crippen LogP contribution in [0.1, 0.15) is 277 Å². The number of aliphatic hydroxyl groups is 1. The van der Waals surface area contributed by atoms with Crippen LogP contribution in [0, 0.1) is 0 Å². The van der Waals surface area contributed by atoms with E-state index < -0.39 is 20.0 Å². The lowest BCUT2D eigenvalue weighted by molar-refractivity contribution is -0.870. The van der Waals surface area contributed by atoms with Gasteiger partial charge in [-0.1, -0.05) is 250 Å². The first kappa shape index (κ1) is 64.0. The molecule has 0 spiro atoms. The topological polar surface area (TPSA) is 108 Å². The molecular formula is C56H111N2O6P. The van der Waals surface area contributed by atoms with Crippen molar-refractivity contribution in [1.82, 2.24) is 5.32 Å². The molecule has 0 saturated heterocycles. The molecule has 0 aliphatic heterocycles. The molecule has 1 amide bonds. The largest absolute Gasteiger partial charge is 0.756 e. The van der Waals surface area contributed by atoms with E-state index in [0.29, 0.717) is 23.9 Å². The summed E-state index contributed by atoms with van der Waals surface area (Å²) in [5.41, 5.74) is 0. The summed E-state index contributed by atoms with van der Waals surface area (Å²) in [6, 6.07) is -0.802. The minimum atomic E-state index is -4.57. The molecule has 3 atom stereocenters. The molecule has 9 heteroatoms. The summed E-state index contributed by atoms with van der Waals surface area (Å²) in [5.74, 6) is -0.165. The van der Waals surface area contributed by atoms with Gasteiger partial charge in [0.2, 0.25) is 5.91 Å². The number of carbonyl (C=O) groups is 1. The molecule has 0 aromatic carbocycles. The van der Waals surface area contributed by atoms with E-state index in [9.17, 15) is 19.4 Å². The third-order valence-electron chi connectivity index (χ3n) is 12.9. The van der Waals surface area contributed by atoms with E-state index in [1.54, 1.807) is 0 Å². The first-order valence-electron chi connectivity index (χ1n) is 28.2. The molecule has 386 valence electrons. The molecule has 65 heavy (non-hydrogen) atoms. The van der Waals surface area contributed by atoms with Gasteiger partial charge in [0, 0.05) is 6.42 Å². The summed E-state index contributed by atoms with van der Waals surface area (Å²) in [7, 11) is 1.31. The lowest BCUT2D eigenvalue weighted by Crippen LogP contribution is -2.46. The van der Waals surface area contributed by atoms with Crippen LogP contribution >= 0.6 is 7.82 Å². The highest BCUT2D eigenvalue weighted by Gasteiger charge is 2.24. The Morgan fingerprint density at radius 3 is 1.28 bits per heavy atom. The van der Waals surface area contributed by atoms with Crippen molar-refractivity contribution in [1.29, 1.82) is 0 Å². The third kappa shape index (κ3) is 50.7. The van der Waals surface area contributed by atoms with Gasteiger partial charge in [-0.2, -0.15) is 0 Å². The van der Waals surface area contributed by atoms with Crippen LogP contribution in [0.4, 0.5) is 0 Å². The van der Waals surface area contributed by atoms with Gasteiger partial charge in [0.25, 0.3) is 7.82 Å². The number of nitrogens with zero attached hydrogens (tertiary/aromatic N) is 1. The summed E-state index contributed by atoms with van der Waals surface area (Å²) in [5, 5.41) is 14.0. The van der Waals surface area contributed by atoms with Crippen LogP contribution in [-0.4, -0.2) is 68.5 Å². The van der Waals surface area contributed by atoms with E-state index in [4.69, 9.17) is 9.05 Å². The second-order valence-corrected chi connectivity index (χ2v) is 22.1. The van der Waals surface area contributed by atoms with Crippen molar-refractivity contribution in [2.45, 2.75) is 289 Å². The van der Waals surface area contributed by atoms with E-state index in [-0.39, 0.29) is 19.1 Å². The average molecular weight is 939 g/mol. The van der Waals surface area contributed by atoms with Gasteiger partial charge in [-0.25, -0.2) is 0 Å². The van der Waals surface area contributed by atoms with Gasteiger partial charge in [0.15, 0.2) is 0 Å². The van der Waals surface area contributed by atoms with Crippen LogP contribution in [0.5, 0.6) is 0 Å². The monoisotopic (exact) mass is 939 g/mol. The molecule has 8 nitrogen and oxygen atoms in total. The summed E-state index contributed by atoms with van der Waals surface area (Å²) in [4.78, 5) is 25.5. The molecule has 3 unspecified atom stereocenters. The van der Waals surface area contributed by atoms with Crippen molar-refractivity contribution in [3.05, 3.63) is 24.3 Å². The number of phosphoric acid groups is 1. The van der Waals surface area contributed by atoms with Gasteiger partial charge in [-0.15, -0.1) is 0 Å². The number of likely N-dealkylation sites (N-methyl/N-ethyl adjacent to an activating group) is 1. The quantitative estimate of drug-likeness (QED) is 0.0272. The Morgan fingerprint density at radius 1 is 0.538 bits per heavy atom. The highest BCUT2D eigenvalue weighted by molar-refractivity contribution is 7.45. The fourth-order valence-electron chi connectivity index (χ4n) is 8.48. The van der Waals surface area contributed by atoms with E-state index in [1.807, 2.05) is 21.1 Å². The summed E-state index contributed by atoms with van der Waals surface area (Å²) in [6.45, 7) is 4.74. The number of quaternary nitrogens is 1. The minimum Gasteiger partial charge on any atom is -0.756 e.